The molecule has 7 heteroatoms. The summed E-state index contributed by atoms with van der Waals surface area (Å²) in [5.41, 5.74) is 0.325. The first-order valence-corrected chi connectivity index (χ1v) is 6.64. The molecule has 2 rings (SSSR count). The van der Waals surface area contributed by atoms with Crippen LogP contribution in [-0.4, -0.2) is 21.1 Å². The number of nitrogens with zero attached hydrogens (tertiary/aromatic N) is 3. The van der Waals surface area contributed by atoms with Gasteiger partial charge in [-0.3, -0.25) is 10.1 Å². The van der Waals surface area contributed by atoms with Gasteiger partial charge < -0.3 is 0 Å². The first kappa shape index (κ1) is 12.9. The maximum Gasteiger partial charge on any atom is 0.260 e. The Morgan fingerprint density at radius 1 is 1.50 bits per heavy atom. The van der Waals surface area contributed by atoms with Gasteiger partial charge in [-0.1, -0.05) is 29.9 Å². The second kappa shape index (κ2) is 5.88. The van der Waals surface area contributed by atoms with Crippen molar-refractivity contribution in [3.05, 3.63) is 34.1 Å². The topological polar surface area (TPSA) is 67.8 Å². The van der Waals surface area contributed by atoms with Crippen LogP contribution < -0.4 is 5.32 Å². The maximum absolute atomic E-state index is 11.9. The molecule has 0 radical (unpaired) electrons. The summed E-state index contributed by atoms with van der Waals surface area (Å²) in [4.78, 5) is 15.8. The Morgan fingerprint density at radius 3 is 3.06 bits per heavy atom. The van der Waals surface area contributed by atoms with Crippen LogP contribution in [0.15, 0.2) is 18.3 Å². The van der Waals surface area contributed by atoms with Gasteiger partial charge in [0.1, 0.15) is 10.2 Å². The average Bonchev–Trinajstić information content (AvgIpc) is 2.77. The van der Waals surface area contributed by atoms with E-state index in [2.05, 4.69) is 27.4 Å². The minimum Gasteiger partial charge on any atom is -0.296 e. The number of nitrogens with one attached hydrogen (secondary N) is 1. The fourth-order valence-electron chi connectivity index (χ4n) is 1.34. The first-order valence-electron chi connectivity index (χ1n) is 5.45. The molecule has 94 valence electrons. The van der Waals surface area contributed by atoms with E-state index in [1.165, 1.54) is 17.5 Å². The predicted molar refractivity (Wildman–Crippen MR) is 71.1 cm³/mol. The minimum atomic E-state index is -0.327. The molecule has 0 aliphatic rings. The summed E-state index contributed by atoms with van der Waals surface area (Å²) in [6, 6.07) is 3.27. The van der Waals surface area contributed by atoms with E-state index in [1.54, 1.807) is 12.1 Å². The van der Waals surface area contributed by atoms with Crippen molar-refractivity contribution < 1.29 is 4.79 Å². The number of halogens is 1. The van der Waals surface area contributed by atoms with Crippen molar-refractivity contribution in [2.75, 3.05) is 5.32 Å². The van der Waals surface area contributed by atoms with E-state index in [9.17, 15) is 4.79 Å². The molecule has 18 heavy (non-hydrogen) atoms. The van der Waals surface area contributed by atoms with Crippen LogP contribution in [0.25, 0.3) is 0 Å². The van der Waals surface area contributed by atoms with Gasteiger partial charge in [-0.05, 0) is 18.6 Å². The Labute approximate surface area is 113 Å². The summed E-state index contributed by atoms with van der Waals surface area (Å²) in [5.74, 6) is -0.327. The van der Waals surface area contributed by atoms with Crippen molar-refractivity contribution in [1.29, 1.82) is 0 Å². The molecule has 0 unspecified atom stereocenters. The molecular weight excluding hydrogens is 272 g/mol. The van der Waals surface area contributed by atoms with Crippen LogP contribution in [0.4, 0.5) is 5.13 Å². The molecule has 0 aromatic carbocycles. The molecule has 2 aromatic heterocycles. The van der Waals surface area contributed by atoms with Gasteiger partial charge in [0.25, 0.3) is 5.91 Å². The lowest BCUT2D eigenvalue weighted by Crippen LogP contribution is -2.12. The molecule has 0 bridgehead atoms. The van der Waals surface area contributed by atoms with Crippen LogP contribution in [0.2, 0.25) is 5.15 Å². The second-order valence-corrected chi connectivity index (χ2v) is 4.97. The maximum atomic E-state index is 11.9. The molecule has 0 aliphatic heterocycles. The Bertz CT molecular complexity index is 557. The van der Waals surface area contributed by atoms with E-state index >= 15 is 0 Å². The van der Waals surface area contributed by atoms with Gasteiger partial charge in [-0.15, -0.1) is 10.2 Å². The number of pyridine rings is 1. The van der Waals surface area contributed by atoms with Gasteiger partial charge in [-0.25, -0.2) is 4.98 Å². The standard InChI is InChI=1S/C11H11ClN4OS/c1-2-4-8-15-16-11(18-8)14-10(17)7-5-3-6-13-9(7)12/h3,5-6H,2,4H2,1H3,(H,14,16,17). The van der Waals surface area contributed by atoms with Crippen LogP contribution in [0.3, 0.4) is 0 Å². The van der Waals surface area contributed by atoms with Crippen molar-refractivity contribution in [1.82, 2.24) is 15.2 Å². The van der Waals surface area contributed by atoms with E-state index in [-0.39, 0.29) is 11.1 Å². The van der Waals surface area contributed by atoms with E-state index in [4.69, 9.17) is 11.6 Å². The number of carbonyl (C=O) groups excluding carboxylic acids is 1. The monoisotopic (exact) mass is 282 g/mol. The molecule has 1 N–H and O–H groups in total. The number of amides is 1. The Morgan fingerprint density at radius 2 is 2.33 bits per heavy atom. The number of aromatic nitrogens is 3. The lowest BCUT2D eigenvalue weighted by Gasteiger charge is -2.01. The molecule has 5 nitrogen and oxygen atoms in total. The van der Waals surface area contributed by atoms with Crippen LogP contribution in [0, 0.1) is 0 Å². The van der Waals surface area contributed by atoms with Gasteiger partial charge in [-0.2, -0.15) is 0 Å². The summed E-state index contributed by atoms with van der Waals surface area (Å²) in [5, 5.41) is 12.1. The van der Waals surface area contributed by atoms with Crippen LogP contribution in [0.1, 0.15) is 28.7 Å². The van der Waals surface area contributed by atoms with E-state index in [0.29, 0.717) is 10.7 Å². The highest BCUT2D eigenvalue weighted by Gasteiger charge is 2.13. The Balaban J connectivity index is 2.09. The first-order chi connectivity index (χ1) is 8.70. The summed E-state index contributed by atoms with van der Waals surface area (Å²) >= 11 is 7.20. The highest BCUT2D eigenvalue weighted by Crippen LogP contribution is 2.19. The van der Waals surface area contributed by atoms with Gasteiger partial charge in [0, 0.05) is 12.6 Å². The predicted octanol–water partition coefficient (Wildman–Crippen LogP) is 2.79. The third-order valence-corrected chi connectivity index (χ3v) is 3.35. The lowest BCUT2D eigenvalue weighted by atomic mass is 10.3. The highest BCUT2D eigenvalue weighted by molar-refractivity contribution is 7.15. The number of hydrogen-bond acceptors (Lipinski definition) is 5. The van der Waals surface area contributed by atoms with Crippen molar-refractivity contribution >= 4 is 34.0 Å². The molecule has 2 aromatic rings. The molecule has 0 fully saturated rings. The number of aryl methyl sites for hydroxylation is 1. The Hall–Kier alpha value is -1.53. The lowest BCUT2D eigenvalue weighted by molar-refractivity contribution is 0.102. The van der Waals surface area contributed by atoms with Gasteiger partial charge in [0.15, 0.2) is 0 Å². The summed E-state index contributed by atoms with van der Waals surface area (Å²) < 4.78 is 0. The Kier molecular flexibility index (Phi) is 4.22. The van der Waals surface area contributed by atoms with Crippen LogP contribution >= 0.6 is 22.9 Å². The fraction of sp³-hybridized carbons (Fsp3) is 0.273. The molecular formula is C11H11ClN4OS. The van der Waals surface area contributed by atoms with Gasteiger partial charge in [0.05, 0.1) is 5.56 Å². The van der Waals surface area contributed by atoms with E-state index < -0.39 is 0 Å². The number of hydrogen-bond donors (Lipinski definition) is 1. The minimum absolute atomic E-state index is 0.174. The third-order valence-electron chi connectivity index (χ3n) is 2.15. The smallest absolute Gasteiger partial charge is 0.260 e. The molecule has 2 heterocycles. The fourth-order valence-corrected chi connectivity index (χ4v) is 2.38. The number of rotatable bonds is 4. The third kappa shape index (κ3) is 3.02. The van der Waals surface area contributed by atoms with E-state index in [0.717, 1.165) is 17.8 Å². The SMILES string of the molecule is CCCc1nnc(NC(=O)c2cccnc2Cl)s1. The van der Waals surface area contributed by atoms with Crippen molar-refractivity contribution in [3.8, 4) is 0 Å². The normalized spacial score (nSPS) is 10.3. The largest absolute Gasteiger partial charge is 0.296 e. The number of carbonyl (C=O) groups is 1. The zero-order valence-corrected chi connectivity index (χ0v) is 11.3. The zero-order valence-electron chi connectivity index (χ0n) is 9.68. The second-order valence-electron chi connectivity index (χ2n) is 3.55. The van der Waals surface area contributed by atoms with Crippen molar-refractivity contribution in [2.45, 2.75) is 19.8 Å². The highest BCUT2D eigenvalue weighted by atomic mass is 35.5. The molecule has 0 saturated carbocycles. The van der Waals surface area contributed by atoms with Crippen molar-refractivity contribution in [2.24, 2.45) is 0 Å². The summed E-state index contributed by atoms with van der Waals surface area (Å²) in [6.45, 7) is 2.06. The quantitative estimate of drug-likeness (QED) is 0.876. The zero-order chi connectivity index (χ0) is 13.0. The summed E-state index contributed by atoms with van der Waals surface area (Å²) in [6.07, 6.45) is 3.39. The molecule has 0 atom stereocenters. The van der Waals surface area contributed by atoms with Crippen LogP contribution in [0.5, 0.6) is 0 Å². The van der Waals surface area contributed by atoms with Crippen molar-refractivity contribution in [3.63, 3.8) is 0 Å². The molecule has 0 aliphatic carbocycles. The van der Waals surface area contributed by atoms with E-state index in [1.807, 2.05) is 0 Å². The van der Waals surface area contributed by atoms with Gasteiger partial charge >= 0.3 is 0 Å². The van der Waals surface area contributed by atoms with Crippen LogP contribution in [-0.2, 0) is 6.42 Å². The number of anilines is 1. The van der Waals surface area contributed by atoms with Gasteiger partial charge in [0.2, 0.25) is 5.13 Å². The average molecular weight is 283 g/mol. The molecule has 0 saturated heterocycles. The molecule has 1 amide bonds. The molecule has 0 spiro atoms. The summed E-state index contributed by atoms with van der Waals surface area (Å²) in [7, 11) is 0.